The van der Waals surface area contributed by atoms with Crippen molar-refractivity contribution in [2.24, 2.45) is 0 Å². The molecule has 2 amide bonds. The Kier molecular flexibility index (Phi) is 12.9. The lowest BCUT2D eigenvalue weighted by Crippen LogP contribution is -2.72. The number of hydrogen-bond donors (Lipinski definition) is 2. The highest BCUT2D eigenvalue weighted by atomic mass is 32.2. The van der Waals surface area contributed by atoms with Gasteiger partial charge in [-0.1, -0.05) is 0 Å². The number of nitrogens with zero attached hydrogens (tertiary/aromatic N) is 1. The van der Waals surface area contributed by atoms with Crippen molar-refractivity contribution in [2.75, 3.05) is 19.0 Å². The van der Waals surface area contributed by atoms with Gasteiger partial charge in [0, 0.05) is 52.9 Å². The molecule has 0 aromatic heterocycles. The van der Waals surface area contributed by atoms with E-state index < -0.39 is 102 Å². The van der Waals surface area contributed by atoms with Gasteiger partial charge in [-0.15, -0.1) is 11.8 Å². The van der Waals surface area contributed by atoms with Crippen LogP contribution in [0.5, 0.6) is 0 Å². The van der Waals surface area contributed by atoms with Crippen LogP contribution < -0.4 is 5.32 Å². The number of hydrogen-bond acceptors (Lipinski definition) is 16. The molecule has 2 rings (SSSR count). The molecule has 19 heteroatoms. The monoisotopic (exact) mass is 660 g/mol. The second-order valence-electron chi connectivity index (χ2n) is 9.56. The second-order valence-corrected chi connectivity index (χ2v) is 10.7. The van der Waals surface area contributed by atoms with Gasteiger partial charge in [0.05, 0.1) is 0 Å². The van der Waals surface area contributed by atoms with Gasteiger partial charge in [-0.05, 0) is 0 Å². The van der Waals surface area contributed by atoms with E-state index in [-0.39, 0.29) is 17.9 Å². The summed E-state index contributed by atoms with van der Waals surface area (Å²) in [6.07, 6.45) is -7.74. The maximum atomic E-state index is 13.6. The van der Waals surface area contributed by atoms with Crippen LogP contribution in [-0.4, -0.2) is 118 Å². The molecule has 0 radical (unpaired) electrons. The summed E-state index contributed by atoms with van der Waals surface area (Å²) in [4.78, 5) is 110. The molecule has 45 heavy (non-hydrogen) atoms. The molecule has 0 aromatic carbocycles. The minimum Gasteiger partial charge on any atom is -0.477 e. The number of carboxylic acid groups (broad SMARTS) is 1. The molecule has 18 nitrogen and oxygen atoms in total. The van der Waals surface area contributed by atoms with Crippen LogP contribution in [0.3, 0.4) is 0 Å². The number of aliphatic carboxylic acids is 1. The van der Waals surface area contributed by atoms with Gasteiger partial charge < -0.3 is 38.8 Å². The predicted octanol–water partition coefficient (Wildman–Crippen LogP) is -1.42. The molecule has 0 bridgehead atoms. The number of carbonyl (C=O) groups is 9. The Morgan fingerprint density at radius 3 is 1.82 bits per heavy atom. The summed E-state index contributed by atoms with van der Waals surface area (Å²) in [7, 11) is 0. The SMILES string of the molecule is CC(=O)OCC1=C(C(=O)O)N2C(=O)[C@H](NC(=O)[C@@H](OC(C)=O)[C@H](OC(C)=O)[C@H](OC(C)=O)[C@H](COC(C)=O)OC(C)=O)[C@H]2SC1. The molecule has 6 atom stereocenters. The van der Waals surface area contributed by atoms with Crippen molar-refractivity contribution in [1.82, 2.24) is 10.2 Å². The topological polar surface area (TPSA) is 245 Å². The minimum absolute atomic E-state index is 0.00785. The zero-order valence-corrected chi connectivity index (χ0v) is 25.8. The summed E-state index contributed by atoms with van der Waals surface area (Å²) >= 11 is 1.04. The number of carboxylic acids is 1. The summed E-state index contributed by atoms with van der Waals surface area (Å²) in [6.45, 7) is 4.73. The Hall–Kier alpha value is -4.68. The average Bonchev–Trinajstić information content (AvgIpc) is 2.91. The van der Waals surface area contributed by atoms with Crippen LogP contribution in [0.15, 0.2) is 11.3 Å². The first-order chi connectivity index (χ1) is 20.9. The van der Waals surface area contributed by atoms with E-state index in [1.165, 1.54) is 0 Å². The summed E-state index contributed by atoms with van der Waals surface area (Å²) < 4.78 is 30.5. The maximum absolute atomic E-state index is 13.6. The highest BCUT2D eigenvalue weighted by Crippen LogP contribution is 2.40. The number of carbonyl (C=O) groups excluding carboxylic acids is 8. The molecule has 2 aliphatic rings. The molecule has 0 aromatic rings. The van der Waals surface area contributed by atoms with Gasteiger partial charge >= 0.3 is 41.8 Å². The second kappa shape index (κ2) is 15.9. The van der Waals surface area contributed by atoms with Crippen molar-refractivity contribution in [2.45, 2.75) is 77.4 Å². The smallest absolute Gasteiger partial charge is 0.352 e. The number of β-lactam (4-membered cyclic amide) rings is 1. The van der Waals surface area contributed by atoms with E-state index in [2.05, 4.69) is 5.32 Å². The van der Waals surface area contributed by atoms with Gasteiger partial charge in [0.1, 0.15) is 30.3 Å². The van der Waals surface area contributed by atoms with Gasteiger partial charge in [-0.25, -0.2) is 4.79 Å². The summed E-state index contributed by atoms with van der Waals surface area (Å²) in [6, 6.07) is -1.37. The molecule has 0 unspecified atom stereocenters. The fraction of sp³-hybridized carbons (Fsp3) is 0.577. The largest absolute Gasteiger partial charge is 0.477 e. The lowest BCUT2D eigenvalue weighted by molar-refractivity contribution is -0.203. The third-order valence-electron chi connectivity index (χ3n) is 5.91. The predicted molar refractivity (Wildman–Crippen MR) is 145 cm³/mol. The number of amides is 2. The lowest BCUT2D eigenvalue weighted by atomic mass is 9.99. The molecule has 1 fully saturated rings. The Bertz CT molecular complexity index is 1300. The summed E-state index contributed by atoms with van der Waals surface area (Å²) in [5.41, 5.74) is -0.298. The molecule has 248 valence electrons. The van der Waals surface area contributed by atoms with Crippen molar-refractivity contribution in [1.29, 1.82) is 0 Å². The first-order valence-corrected chi connectivity index (χ1v) is 14.1. The van der Waals surface area contributed by atoms with Crippen molar-refractivity contribution < 1.29 is 76.7 Å². The molecule has 0 aliphatic carbocycles. The molecule has 2 N–H and O–H groups in total. The zero-order chi connectivity index (χ0) is 34.2. The number of thioether (sulfide) groups is 1. The van der Waals surface area contributed by atoms with Crippen molar-refractivity contribution in [3.63, 3.8) is 0 Å². The fourth-order valence-electron chi connectivity index (χ4n) is 4.31. The summed E-state index contributed by atoms with van der Waals surface area (Å²) in [5, 5.41) is 11.1. The van der Waals surface area contributed by atoms with E-state index in [0.717, 1.165) is 58.2 Å². The van der Waals surface area contributed by atoms with E-state index >= 15 is 0 Å². The Morgan fingerprint density at radius 1 is 0.800 bits per heavy atom. The van der Waals surface area contributed by atoms with Gasteiger partial charge in [0.15, 0.2) is 18.3 Å². The third kappa shape index (κ3) is 9.91. The fourth-order valence-corrected chi connectivity index (χ4v) is 5.64. The number of esters is 6. The van der Waals surface area contributed by atoms with Gasteiger partial charge in [0.2, 0.25) is 6.10 Å². The Labute approximate surface area is 260 Å². The minimum atomic E-state index is -2.14. The number of nitrogens with one attached hydrogen (secondary N) is 1. The average molecular weight is 661 g/mol. The molecular formula is C26H32N2O16S. The van der Waals surface area contributed by atoms with E-state index in [1.807, 2.05) is 0 Å². The van der Waals surface area contributed by atoms with Crippen LogP contribution in [0, 0.1) is 0 Å². The Balaban J connectivity index is 2.47. The molecule has 0 spiro atoms. The molecular weight excluding hydrogens is 628 g/mol. The van der Waals surface area contributed by atoms with Crippen LogP contribution >= 0.6 is 11.8 Å². The highest BCUT2D eigenvalue weighted by Gasteiger charge is 2.56. The Morgan fingerprint density at radius 2 is 1.33 bits per heavy atom. The quantitative estimate of drug-likeness (QED) is 0.123. The molecule has 2 heterocycles. The van der Waals surface area contributed by atoms with E-state index in [4.69, 9.17) is 28.4 Å². The molecule has 0 saturated carbocycles. The van der Waals surface area contributed by atoms with Gasteiger partial charge in [-0.3, -0.25) is 43.3 Å². The van der Waals surface area contributed by atoms with Crippen LogP contribution in [0.2, 0.25) is 0 Å². The van der Waals surface area contributed by atoms with E-state index in [9.17, 15) is 48.3 Å². The van der Waals surface area contributed by atoms with Crippen molar-refractivity contribution >= 4 is 65.4 Å². The van der Waals surface area contributed by atoms with Gasteiger partial charge in [0.25, 0.3) is 11.8 Å². The summed E-state index contributed by atoms with van der Waals surface area (Å²) in [5.74, 6) is -9.25. The standard InChI is InChI=1S/C26H32N2O16S/c1-10(29)39-7-16-9-45-25-18(24(36)28(25)19(16)26(37)38)27-23(35)22(44-15(6)34)21(43-14(5)33)20(42-13(4)32)17(41-12(3)31)8-40-11(2)30/h17-18,20-22,25H,7-9H2,1-6H3,(H,27,35)(H,37,38)/t17-,18-,20+,21+,22-,25+/m0/s1. The number of fused-ring (bicyclic) bond motifs is 1. The molecule has 2 aliphatic heterocycles. The highest BCUT2D eigenvalue weighted by molar-refractivity contribution is 8.00. The van der Waals surface area contributed by atoms with E-state index in [1.54, 1.807) is 0 Å². The zero-order valence-electron chi connectivity index (χ0n) is 25.0. The van der Waals surface area contributed by atoms with Crippen LogP contribution in [-0.2, 0) is 71.6 Å². The number of rotatable bonds is 14. The first kappa shape index (κ1) is 36.5. The number of ether oxygens (including phenoxy) is 6. The van der Waals surface area contributed by atoms with Crippen LogP contribution in [0.25, 0.3) is 0 Å². The lowest BCUT2D eigenvalue weighted by Gasteiger charge is -2.49. The first-order valence-electron chi connectivity index (χ1n) is 13.1. The van der Waals surface area contributed by atoms with Crippen LogP contribution in [0.1, 0.15) is 41.5 Å². The van der Waals surface area contributed by atoms with Crippen LogP contribution in [0.4, 0.5) is 0 Å². The van der Waals surface area contributed by atoms with E-state index in [0.29, 0.717) is 0 Å². The third-order valence-corrected chi connectivity index (χ3v) is 7.25. The molecule has 1 saturated heterocycles. The van der Waals surface area contributed by atoms with Crippen molar-refractivity contribution in [3.8, 4) is 0 Å². The normalized spacial score (nSPS) is 19.7. The van der Waals surface area contributed by atoms with Gasteiger partial charge in [-0.2, -0.15) is 0 Å². The van der Waals surface area contributed by atoms with Crippen molar-refractivity contribution in [3.05, 3.63) is 11.3 Å². The maximum Gasteiger partial charge on any atom is 0.352 e.